The highest BCUT2D eigenvalue weighted by Crippen LogP contribution is 2.13. The Morgan fingerprint density at radius 3 is 1.52 bits per heavy atom. The van der Waals surface area contributed by atoms with Crippen LogP contribution in [0.2, 0.25) is 0 Å². The quantitative estimate of drug-likeness (QED) is 0.319. The highest BCUT2D eigenvalue weighted by molar-refractivity contribution is 5.73. The first-order chi connectivity index (χ1) is 13.6. The van der Waals surface area contributed by atoms with E-state index in [-0.39, 0.29) is 18.3 Å². The van der Waals surface area contributed by atoms with Gasteiger partial charge in [-0.3, -0.25) is 4.79 Å². The smallest absolute Gasteiger partial charge is 0.217 e. The molecule has 0 aliphatic carbocycles. The predicted octanol–water partition coefficient (Wildman–Crippen LogP) is 3.56. The normalized spacial score (nSPS) is 10.0. The molecular formula is C25H47ClN2O. The Labute approximate surface area is 187 Å². The molecule has 2 N–H and O–H groups in total. The molecule has 1 aromatic heterocycles. The molecule has 0 radical (unpaired) electrons. The Morgan fingerprint density at radius 2 is 1.21 bits per heavy atom. The second-order valence-corrected chi connectivity index (χ2v) is 8.12. The zero-order chi connectivity index (χ0) is 20.9. The first-order valence-corrected chi connectivity index (χ1v) is 11.8. The van der Waals surface area contributed by atoms with E-state index in [2.05, 4.69) is 24.5 Å². The van der Waals surface area contributed by atoms with Crippen LogP contribution in [0.1, 0.15) is 115 Å². The average Bonchev–Trinajstić information content (AvgIpc) is 2.67. The van der Waals surface area contributed by atoms with Gasteiger partial charge in [-0.1, -0.05) is 103 Å². The van der Waals surface area contributed by atoms with Gasteiger partial charge in [0.25, 0.3) is 0 Å². The molecule has 0 aromatic carbocycles. The maximum Gasteiger partial charge on any atom is 0.217 e. The number of halogens is 1. The Hall–Kier alpha value is -1.09. The summed E-state index contributed by atoms with van der Waals surface area (Å²) in [6, 6.07) is 6.14. The third-order valence-corrected chi connectivity index (χ3v) is 5.34. The monoisotopic (exact) mass is 426 g/mol. The molecular weight excluding hydrogens is 380 g/mol. The lowest BCUT2D eigenvalue weighted by molar-refractivity contribution is -0.677. The molecule has 170 valence electrons. The summed E-state index contributed by atoms with van der Waals surface area (Å²) in [7, 11) is 2.04. The van der Waals surface area contributed by atoms with Gasteiger partial charge in [0.15, 0.2) is 11.9 Å². The minimum absolute atomic E-state index is 0. The number of carbonyl (C=O) groups excluding carboxylic acids is 1. The Balaban J connectivity index is 0. The minimum Gasteiger partial charge on any atom is -1.00 e. The lowest BCUT2D eigenvalue weighted by Gasteiger charge is -2.03. The van der Waals surface area contributed by atoms with Crippen LogP contribution in [0.4, 0.5) is 0 Å². The fourth-order valence-corrected chi connectivity index (χ4v) is 3.28. The third-order valence-electron chi connectivity index (χ3n) is 5.34. The van der Waals surface area contributed by atoms with Crippen molar-refractivity contribution in [2.24, 2.45) is 12.8 Å². The van der Waals surface area contributed by atoms with E-state index in [9.17, 15) is 4.79 Å². The van der Waals surface area contributed by atoms with Gasteiger partial charge < -0.3 is 18.1 Å². The van der Waals surface area contributed by atoms with Crippen LogP contribution in [0.25, 0.3) is 0 Å². The second kappa shape index (κ2) is 23.2. The molecule has 0 spiro atoms. The number of hydrogen-bond acceptors (Lipinski definition) is 1. The molecule has 1 rings (SSSR count). The lowest BCUT2D eigenvalue weighted by atomic mass is 10.0. The van der Waals surface area contributed by atoms with Crippen molar-refractivity contribution in [3.05, 3.63) is 30.1 Å². The number of nitrogens with zero attached hydrogens (tertiary/aromatic N) is 1. The van der Waals surface area contributed by atoms with E-state index in [4.69, 9.17) is 5.73 Å². The van der Waals surface area contributed by atoms with Crippen molar-refractivity contribution in [3.8, 4) is 0 Å². The van der Waals surface area contributed by atoms with Crippen LogP contribution in [0.15, 0.2) is 24.4 Å². The van der Waals surface area contributed by atoms with Gasteiger partial charge in [-0.05, 0) is 6.42 Å². The summed E-state index contributed by atoms with van der Waals surface area (Å²) >= 11 is 0. The number of carbonyl (C=O) groups is 1. The van der Waals surface area contributed by atoms with E-state index in [1.54, 1.807) is 0 Å². The zero-order valence-electron chi connectivity index (χ0n) is 19.4. The molecule has 3 nitrogen and oxygen atoms in total. The summed E-state index contributed by atoms with van der Waals surface area (Å²) in [5.41, 5.74) is 6.39. The van der Waals surface area contributed by atoms with Crippen molar-refractivity contribution in [3.63, 3.8) is 0 Å². The van der Waals surface area contributed by atoms with Crippen LogP contribution in [0, 0.1) is 6.92 Å². The zero-order valence-corrected chi connectivity index (χ0v) is 20.2. The standard InChI is InChI=1S/C18H37NO.C7H10N.ClH/c1-2-3-4-5-6-7-8-9-10-11-12-13-14-15-16-17-18(19)20;1-7-5-3-4-6-8(7)2;/h2-17H2,1H3,(H2,19,20);3-6H,1-2H3;1H/q;+1;/p-1. The van der Waals surface area contributed by atoms with Crippen molar-refractivity contribution >= 4 is 5.91 Å². The molecule has 1 amide bonds. The highest BCUT2D eigenvalue weighted by Gasteiger charge is 1.96. The highest BCUT2D eigenvalue weighted by atomic mass is 35.5. The van der Waals surface area contributed by atoms with Gasteiger partial charge in [0.1, 0.15) is 7.05 Å². The largest absolute Gasteiger partial charge is 1.00 e. The first-order valence-electron chi connectivity index (χ1n) is 11.8. The number of amides is 1. The molecule has 1 heterocycles. The summed E-state index contributed by atoms with van der Waals surface area (Å²) in [5.74, 6) is -0.153. The van der Waals surface area contributed by atoms with Crippen molar-refractivity contribution in [2.45, 2.75) is 117 Å². The summed E-state index contributed by atoms with van der Waals surface area (Å²) in [5, 5.41) is 0. The topological polar surface area (TPSA) is 47.0 Å². The van der Waals surface area contributed by atoms with Crippen LogP contribution in [-0.4, -0.2) is 5.91 Å². The molecule has 4 heteroatoms. The number of nitrogens with two attached hydrogens (primary N) is 1. The molecule has 29 heavy (non-hydrogen) atoms. The lowest BCUT2D eigenvalue weighted by Crippen LogP contribution is -3.00. The van der Waals surface area contributed by atoms with E-state index < -0.39 is 0 Å². The number of unbranched alkanes of at least 4 members (excludes halogenated alkanes) is 14. The van der Waals surface area contributed by atoms with Gasteiger partial charge in [0, 0.05) is 25.5 Å². The summed E-state index contributed by atoms with van der Waals surface area (Å²) in [4.78, 5) is 10.6. The molecule has 0 atom stereocenters. The van der Waals surface area contributed by atoms with Gasteiger partial charge in [-0.2, -0.15) is 0 Å². The van der Waals surface area contributed by atoms with Crippen LogP contribution >= 0.6 is 0 Å². The summed E-state index contributed by atoms with van der Waals surface area (Å²) in [6.45, 7) is 4.36. The predicted molar refractivity (Wildman–Crippen MR) is 121 cm³/mol. The van der Waals surface area contributed by atoms with Crippen molar-refractivity contribution in [2.75, 3.05) is 0 Å². The number of pyridine rings is 1. The van der Waals surface area contributed by atoms with Crippen LogP contribution in [0.3, 0.4) is 0 Å². The Bertz CT molecular complexity index is 459. The van der Waals surface area contributed by atoms with E-state index in [0.29, 0.717) is 6.42 Å². The van der Waals surface area contributed by atoms with Gasteiger partial charge in [0.2, 0.25) is 5.91 Å². The maximum atomic E-state index is 10.6. The summed E-state index contributed by atoms with van der Waals surface area (Å²) < 4.78 is 2.08. The fourth-order valence-electron chi connectivity index (χ4n) is 3.28. The molecule has 0 saturated heterocycles. The molecule has 0 bridgehead atoms. The van der Waals surface area contributed by atoms with Gasteiger partial charge in [-0.25, -0.2) is 4.57 Å². The van der Waals surface area contributed by atoms with E-state index >= 15 is 0 Å². The molecule has 0 unspecified atom stereocenters. The molecule has 0 saturated carbocycles. The Morgan fingerprint density at radius 1 is 0.793 bits per heavy atom. The van der Waals surface area contributed by atoms with Crippen molar-refractivity contribution in [1.82, 2.24) is 0 Å². The van der Waals surface area contributed by atoms with E-state index in [1.165, 1.54) is 95.6 Å². The minimum atomic E-state index is -0.153. The molecule has 0 aliphatic heterocycles. The average molecular weight is 427 g/mol. The van der Waals surface area contributed by atoms with Crippen LogP contribution in [0.5, 0.6) is 0 Å². The van der Waals surface area contributed by atoms with Crippen molar-refractivity contribution < 1.29 is 21.8 Å². The van der Waals surface area contributed by atoms with Crippen molar-refractivity contribution in [1.29, 1.82) is 0 Å². The summed E-state index contributed by atoms with van der Waals surface area (Å²) in [6.07, 6.45) is 22.9. The van der Waals surface area contributed by atoms with Crippen LogP contribution in [-0.2, 0) is 11.8 Å². The SMILES string of the molecule is CCCCCCCCCCCCCCCCCC(N)=O.Cc1cccc[n+]1C.[Cl-]. The molecule has 1 aromatic rings. The molecule has 0 fully saturated rings. The van der Waals surface area contributed by atoms with Gasteiger partial charge in [0.05, 0.1) is 0 Å². The van der Waals surface area contributed by atoms with E-state index in [0.717, 1.165) is 6.42 Å². The third kappa shape index (κ3) is 23.1. The van der Waals surface area contributed by atoms with Gasteiger partial charge in [-0.15, -0.1) is 0 Å². The Kier molecular flexibility index (Phi) is 24.1. The number of rotatable bonds is 16. The van der Waals surface area contributed by atoms with Crippen LogP contribution < -0.4 is 22.7 Å². The number of hydrogen-bond donors (Lipinski definition) is 1. The number of aryl methyl sites for hydroxylation is 2. The second-order valence-electron chi connectivity index (χ2n) is 8.12. The van der Waals surface area contributed by atoms with Gasteiger partial charge >= 0.3 is 0 Å². The number of aromatic nitrogens is 1. The van der Waals surface area contributed by atoms with E-state index in [1.807, 2.05) is 25.4 Å². The molecule has 0 aliphatic rings. The maximum absolute atomic E-state index is 10.6. The first kappa shape index (κ1) is 30.1. The number of primary amides is 1. The fraction of sp³-hybridized carbons (Fsp3) is 0.760.